The number of carbonyl (C=O) groups is 3. The van der Waals surface area contributed by atoms with Gasteiger partial charge < -0.3 is 0 Å². The van der Waals surface area contributed by atoms with E-state index in [2.05, 4.69) is 0 Å². The van der Waals surface area contributed by atoms with E-state index in [1.165, 1.54) is 0 Å². The molecular weight excluding hydrogens is 238 g/mol. The molecular formula is C7H7Cl3O3. The second-order valence-electron chi connectivity index (χ2n) is 2.48. The predicted octanol–water partition coefficient (Wildman–Crippen LogP) is 2.07. The lowest BCUT2D eigenvalue weighted by Gasteiger charge is -2.19. The molecule has 0 rings (SSSR count). The first-order chi connectivity index (χ1) is 5.89. The summed E-state index contributed by atoms with van der Waals surface area (Å²) in [6.07, 6.45) is 0.329. The number of rotatable bonds is 5. The molecule has 0 spiro atoms. The number of carbonyl (C=O) groups excluding carboxylic acids is 3. The lowest BCUT2D eigenvalue weighted by atomic mass is 9.87. The Morgan fingerprint density at radius 2 is 1.31 bits per heavy atom. The van der Waals surface area contributed by atoms with Crippen molar-refractivity contribution in [1.29, 1.82) is 0 Å². The zero-order valence-corrected chi connectivity index (χ0v) is 9.04. The van der Waals surface area contributed by atoms with Crippen molar-refractivity contribution in [2.75, 3.05) is 0 Å². The van der Waals surface area contributed by atoms with Crippen LogP contribution >= 0.6 is 34.8 Å². The van der Waals surface area contributed by atoms with Crippen molar-refractivity contribution < 1.29 is 14.4 Å². The quantitative estimate of drug-likeness (QED) is 0.550. The van der Waals surface area contributed by atoms with Crippen molar-refractivity contribution in [3.8, 4) is 0 Å². The maximum Gasteiger partial charge on any atom is 0.245 e. The Labute approximate surface area is 90.3 Å². The van der Waals surface area contributed by atoms with Crippen LogP contribution in [0.3, 0.4) is 0 Å². The van der Waals surface area contributed by atoms with Crippen LogP contribution in [0.25, 0.3) is 0 Å². The molecule has 0 aromatic heterocycles. The molecule has 0 aromatic rings. The molecule has 0 aromatic carbocycles. The van der Waals surface area contributed by atoms with E-state index in [1.54, 1.807) is 6.92 Å². The average Bonchev–Trinajstić information content (AvgIpc) is 1.97. The van der Waals surface area contributed by atoms with E-state index in [9.17, 15) is 14.4 Å². The summed E-state index contributed by atoms with van der Waals surface area (Å²) in [5, 5.41) is -3.39. The van der Waals surface area contributed by atoms with E-state index < -0.39 is 21.1 Å². The Morgan fingerprint density at radius 3 is 1.38 bits per heavy atom. The van der Waals surface area contributed by atoms with Crippen LogP contribution in [-0.4, -0.2) is 15.7 Å². The molecule has 0 fully saturated rings. The van der Waals surface area contributed by atoms with Gasteiger partial charge in [0.2, 0.25) is 15.7 Å². The Morgan fingerprint density at radius 1 is 1.00 bits per heavy atom. The zero-order chi connectivity index (χ0) is 10.6. The SMILES string of the molecule is CCCC(C(=O)Cl)(C(=O)Cl)C(=O)Cl. The monoisotopic (exact) mass is 244 g/mol. The van der Waals surface area contributed by atoms with E-state index in [0.717, 1.165) is 0 Å². The highest BCUT2D eigenvalue weighted by Gasteiger charge is 2.49. The van der Waals surface area contributed by atoms with Gasteiger partial charge in [-0.15, -0.1) is 0 Å². The summed E-state index contributed by atoms with van der Waals surface area (Å²) >= 11 is 15.4. The van der Waals surface area contributed by atoms with Crippen LogP contribution in [-0.2, 0) is 14.4 Å². The Bertz CT molecular complexity index is 213. The van der Waals surface area contributed by atoms with Crippen molar-refractivity contribution in [3.05, 3.63) is 0 Å². The Balaban J connectivity index is 5.18. The molecule has 13 heavy (non-hydrogen) atoms. The molecule has 74 valence electrons. The molecule has 0 atom stereocenters. The zero-order valence-electron chi connectivity index (χ0n) is 6.77. The first kappa shape index (κ1) is 12.9. The van der Waals surface area contributed by atoms with E-state index in [1.807, 2.05) is 0 Å². The third kappa shape index (κ3) is 2.42. The van der Waals surface area contributed by atoms with Crippen LogP contribution < -0.4 is 0 Å². The van der Waals surface area contributed by atoms with Gasteiger partial charge in [-0.3, -0.25) is 14.4 Å². The summed E-state index contributed by atoms with van der Waals surface area (Å²) in [6.45, 7) is 1.67. The van der Waals surface area contributed by atoms with E-state index in [0.29, 0.717) is 6.42 Å². The van der Waals surface area contributed by atoms with Gasteiger partial charge in [-0.2, -0.15) is 0 Å². The van der Waals surface area contributed by atoms with Crippen molar-refractivity contribution in [3.63, 3.8) is 0 Å². The molecule has 0 saturated heterocycles. The normalized spacial score (nSPS) is 11.1. The summed E-state index contributed by atoms with van der Waals surface area (Å²) in [5.41, 5.74) is -2.07. The molecule has 0 aliphatic carbocycles. The Hall–Kier alpha value is -0.120. The maximum atomic E-state index is 10.9. The fraction of sp³-hybridized carbons (Fsp3) is 0.571. The topological polar surface area (TPSA) is 51.2 Å². The number of hydrogen-bond donors (Lipinski definition) is 0. The number of hydrogen-bond acceptors (Lipinski definition) is 3. The predicted molar refractivity (Wildman–Crippen MR) is 49.9 cm³/mol. The summed E-state index contributed by atoms with van der Waals surface area (Å²) in [4.78, 5) is 32.7. The van der Waals surface area contributed by atoms with Gasteiger partial charge in [0.05, 0.1) is 0 Å². The van der Waals surface area contributed by atoms with Crippen molar-refractivity contribution in [2.45, 2.75) is 19.8 Å². The molecule has 0 amide bonds. The summed E-state index contributed by atoms with van der Waals surface area (Å²) in [7, 11) is 0. The minimum absolute atomic E-state index is 0.0694. The van der Waals surface area contributed by atoms with Crippen LogP contribution in [0.1, 0.15) is 19.8 Å². The van der Waals surface area contributed by atoms with E-state index >= 15 is 0 Å². The van der Waals surface area contributed by atoms with Gasteiger partial charge in [-0.25, -0.2) is 0 Å². The fourth-order valence-electron chi connectivity index (χ4n) is 0.902. The third-order valence-corrected chi connectivity index (χ3v) is 2.60. The molecule has 6 heteroatoms. The lowest BCUT2D eigenvalue weighted by molar-refractivity contribution is -0.139. The second kappa shape index (κ2) is 4.94. The van der Waals surface area contributed by atoms with Crippen LogP contribution in [0.5, 0.6) is 0 Å². The highest BCUT2D eigenvalue weighted by molar-refractivity contribution is 6.83. The lowest BCUT2D eigenvalue weighted by Crippen LogP contribution is -2.39. The molecule has 0 bridgehead atoms. The van der Waals surface area contributed by atoms with Crippen LogP contribution in [0.4, 0.5) is 0 Å². The first-order valence-electron chi connectivity index (χ1n) is 3.49. The minimum atomic E-state index is -2.07. The second-order valence-corrected chi connectivity index (χ2v) is 3.51. The largest absolute Gasteiger partial charge is 0.280 e. The highest BCUT2D eigenvalue weighted by atomic mass is 35.5. The fourth-order valence-corrected chi connectivity index (χ4v) is 1.85. The maximum absolute atomic E-state index is 10.9. The van der Waals surface area contributed by atoms with Gasteiger partial charge in [0, 0.05) is 0 Å². The van der Waals surface area contributed by atoms with Crippen molar-refractivity contribution >= 4 is 50.5 Å². The van der Waals surface area contributed by atoms with Crippen LogP contribution in [0.2, 0.25) is 0 Å². The molecule has 3 nitrogen and oxygen atoms in total. The average molecular weight is 245 g/mol. The molecule has 0 aliphatic rings. The molecule has 0 unspecified atom stereocenters. The van der Waals surface area contributed by atoms with Gasteiger partial charge in [-0.05, 0) is 41.2 Å². The van der Waals surface area contributed by atoms with Gasteiger partial charge in [0.1, 0.15) is 0 Å². The van der Waals surface area contributed by atoms with Gasteiger partial charge in [0.25, 0.3) is 0 Å². The minimum Gasteiger partial charge on any atom is -0.280 e. The Kier molecular flexibility index (Phi) is 4.89. The molecule has 0 N–H and O–H groups in total. The van der Waals surface area contributed by atoms with Gasteiger partial charge >= 0.3 is 0 Å². The third-order valence-electron chi connectivity index (χ3n) is 1.63. The molecule has 0 radical (unpaired) electrons. The van der Waals surface area contributed by atoms with E-state index in [4.69, 9.17) is 34.8 Å². The van der Waals surface area contributed by atoms with Crippen LogP contribution in [0.15, 0.2) is 0 Å². The molecule has 0 saturated carbocycles. The van der Waals surface area contributed by atoms with Gasteiger partial charge in [0.15, 0.2) is 5.41 Å². The molecule has 0 aliphatic heterocycles. The standard InChI is InChI=1S/C7H7Cl3O3/c1-2-3-7(4(8)11,5(9)12)6(10)13/h2-3H2,1H3. The smallest absolute Gasteiger partial charge is 0.245 e. The first-order valence-corrected chi connectivity index (χ1v) is 4.62. The summed E-state index contributed by atoms with van der Waals surface area (Å²) in [6, 6.07) is 0. The van der Waals surface area contributed by atoms with Crippen LogP contribution in [0, 0.1) is 5.41 Å². The highest BCUT2D eigenvalue weighted by Crippen LogP contribution is 2.32. The van der Waals surface area contributed by atoms with E-state index in [-0.39, 0.29) is 6.42 Å². The number of halogens is 3. The summed E-state index contributed by atoms with van der Waals surface area (Å²) in [5.74, 6) is 0. The summed E-state index contributed by atoms with van der Waals surface area (Å²) < 4.78 is 0. The van der Waals surface area contributed by atoms with Crippen molar-refractivity contribution in [1.82, 2.24) is 0 Å². The molecule has 0 heterocycles. The van der Waals surface area contributed by atoms with Gasteiger partial charge in [-0.1, -0.05) is 13.3 Å². The van der Waals surface area contributed by atoms with Crippen molar-refractivity contribution in [2.24, 2.45) is 5.41 Å².